The molecule has 1 nitrogen and oxygen atoms in total. The molecule has 0 heterocycles. The van der Waals surface area contributed by atoms with E-state index < -0.39 is 0 Å². The summed E-state index contributed by atoms with van der Waals surface area (Å²) in [6.07, 6.45) is 0. The molecule has 0 spiro atoms. The molecule has 0 bridgehead atoms. The van der Waals surface area contributed by atoms with E-state index >= 15 is 0 Å². The zero-order chi connectivity index (χ0) is 8.27. The SMILES string of the molecule is CCOc1cc(Br)ccc1I. The molecule has 1 aromatic rings. The van der Waals surface area contributed by atoms with E-state index in [4.69, 9.17) is 4.74 Å². The van der Waals surface area contributed by atoms with Crippen molar-refractivity contribution in [3.8, 4) is 5.75 Å². The van der Waals surface area contributed by atoms with Gasteiger partial charge in [0.25, 0.3) is 0 Å². The average Bonchev–Trinajstić information content (AvgIpc) is 1.98. The van der Waals surface area contributed by atoms with Gasteiger partial charge in [0, 0.05) is 4.47 Å². The summed E-state index contributed by atoms with van der Waals surface area (Å²) >= 11 is 5.64. The first-order valence-electron chi connectivity index (χ1n) is 3.32. The standard InChI is InChI=1S/C8H8BrIO/c1-2-11-8-5-6(9)3-4-7(8)10/h3-5H,2H2,1H3. The van der Waals surface area contributed by atoms with Gasteiger partial charge in [-0.3, -0.25) is 0 Å². The summed E-state index contributed by atoms with van der Waals surface area (Å²) in [6, 6.07) is 6.01. The van der Waals surface area contributed by atoms with E-state index in [2.05, 4.69) is 38.5 Å². The molecular formula is C8H8BrIO. The van der Waals surface area contributed by atoms with Crippen molar-refractivity contribution in [1.29, 1.82) is 0 Å². The summed E-state index contributed by atoms with van der Waals surface area (Å²) in [7, 11) is 0. The summed E-state index contributed by atoms with van der Waals surface area (Å²) < 4.78 is 7.58. The first-order chi connectivity index (χ1) is 5.24. The van der Waals surface area contributed by atoms with Crippen LogP contribution in [0.25, 0.3) is 0 Å². The van der Waals surface area contributed by atoms with Gasteiger partial charge in [-0.05, 0) is 47.7 Å². The summed E-state index contributed by atoms with van der Waals surface area (Å²) in [4.78, 5) is 0. The monoisotopic (exact) mass is 326 g/mol. The molecule has 1 rings (SSSR count). The third kappa shape index (κ3) is 2.63. The number of benzene rings is 1. The smallest absolute Gasteiger partial charge is 0.133 e. The lowest BCUT2D eigenvalue weighted by atomic mass is 10.3. The van der Waals surface area contributed by atoms with Crippen LogP contribution >= 0.6 is 38.5 Å². The zero-order valence-electron chi connectivity index (χ0n) is 6.10. The van der Waals surface area contributed by atoms with Gasteiger partial charge in [0.05, 0.1) is 10.2 Å². The average molecular weight is 327 g/mol. The van der Waals surface area contributed by atoms with Crippen LogP contribution < -0.4 is 4.74 Å². The fourth-order valence-corrected chi connectivity index (χ4v) is 1.57. The number of rotatable bonds is 2. The van der Waals surface area contributed by atoms with Crippen molar-refractivity contribution in [2.24, 2.45) is 0 Å². The quantitative estimate of drug-likeness (QED) is 0.756. The van der Waals surface area contributed by atoms with Crippen LogP contribution in [0.1, 0.15) is 6.92 Å². The van der Waals surface area contributed by atoms with E-state index in [9.17, 15) is 0 Å². The molecule has 3 heteroatoms. The molecule has 0 aromatic heterocycles. The van der Waals surface area contributed by atoms with Gasteiger partial charge in [0.15, 0.2) is 0 Å². The van der Waals surface area contributed by atoms with E-state index in [1.54, 1.807) is 0 Å². The van der Waals surface area contributed by atoms with Gasteiger partial charge in [0.2, 0.25) is 0 Å². The maximum atomic E-state index is 5.38. The minimum Gasteiger partial charge on any atom is -0.493 e. The largest absolute Gasteiger partial charge is 0.493 e. The van der Waals surface area contributed by atoms with Crippen LogP contribution in [-0.4, -0.2) is 6.61 Å². The molecule has 60 valence electrons. The van der Waals surface area contributed by atoms with Gasteiger partial charge >= 0.3 is 0 Å². The Labute approximate surface area is 88.4 Å². The predicted octanol–water partition coefficient (Wildman–Crippen LogP) is 3.45. The molecule has 0 aliphatic heterocycles. The Morgan fingerprint density at radius 2 is 2.27 bits per heavy atom. The molecule has 1 aromatic carbocycles. The second kappa shape index (κ2) is 4.30. The molecule has 11 heavy (non-hydrogen) atoms. The van der Waals surface area contributed by atoms with Crippen LogP contribution in [0.15, 0.2) is 22.7 Å². The molecule has 0 aliphatic carbocycles. The highest BCUT2D eigenvalue weighted by Crippen LogP contribution is 2.24. The topological polar surface area (TPSA) is 9.23 Å². The van der Waals surface area contributed by atoms with Crippen LogP contribution in [0.4, 0.5) is 0 Å². The third-order valence-electron chi connectivity index (χ3n) is 1.19. The molecule has 0 amide bonds. The Morgan fingerprint density at radius 3 is 2.91 bits per heavy atom. The lowest BCUT2D eigenvalue weighted by Crippen LogP contribution is -1.93. The van der Waals surface area contributed by atoms with Crippen LogP contribution in [0.5, 0.6) is 5.75 Å². The lowest BCUT2D eigenvalue weighted by Gasteiger charge is -2.04. The highest BCUT2D eigenvalue weighted by molar-refractivity contribution is 14.1. The highest BCUT2D eigenvalue weighted by atomic mass is 127. The van der Waals surface area contributed by atoms with E-state index in [1.165, 1.54) is 0 Å². The van der Waals surface area contributed by atoms with Crippen molar-refractivity contribution in [2.75, 3.05) is 6.61 Å². The Balaban J connectivity index is 2.93. The zero-order valence-corrected chi connectivity index (χ0v) is 9.85. The summed E-state index contributed by atoms with van der Waals surface area (Å²) in [6.45, 7) is 2.70. The van der Waals surface area contributed by atoms with Crippen LogP contribution in [0.2, 0.25) is 0 Å². The van der Waals surface area contributed by atoms with Gasteiger partial charge in [-0.15, -0.1) is 0 Å². The minimum atomic E-state index is 0.715. The van der Waals surface area contributed by atoms with Crippen molar-refractivity contribution >= 4 is 38.5 Å². The third-order valence-corrected chi connectivity index (χ3v) is 2.58. The van der Waals surface area contributed by atoms with Crippen molar-refractivity contribution < 1.29 is 4.74 Å². The van der Waals surface area contributed by atoms with Crippen molar-refractivity contribution in [2.45, 2.75) is 6.92 Å². The molecule has 0 fully saturated rings. The molecule has 0 saturated heterocycles. The lowest BCUT2D eigenvalue weighted by molar-refractivity contribution is 0.337. The van der Waals surface area contributed by atoms with E-state index in [0.717, 1.165) is 13.8 Å². The Morgan fingerprint density at radius 1 is 1.55 bits per heavy atom. The van der Waals surface area contributed by atoms with Gasteiger partial charge in [-0.2, -0.15) is 0 Å². The number of ether oxygens (including phenoxy) is 1. The predicted molar refractivity (Wildman–Crippen MR) is 58.0 cm³/mol. The Bertz CT molecular complexity index is 250. The molecular weight excluding hydrogens is 319 g/mol. The highest BCUT2D eigenvalue weighted by Gasteiger charge is 1.99. The minimum absolute atomic E-state index is 0.715. The van der Waals surface area contributed by atoms with Crippen LogP contribution in [0, 0.1) is 3.57 Å². The molecule has 0 atom stereocenters. The number of hydrogen-bond acceptors (Lipinski definition) is 1. The Hall–Kier alpha value is 0.230. The molecule has 0 aliphatic rings. The maximum Gasteiger partial charge on any atom is 0.133 e. The van der Waals surface area contributed by atoms with Gasteiger partial charge in [0.1, 0.15) is 5.75 Å². The first kappa shape index (κ1) is 9.32. The summed E-state index contributed by atoms with van der Waals surface area (Å²) in [5, 5.41) is 0. The fraction of sp³-hybridized carbons (Fsp3) is 0.250. The summed E-state index contributed by atoms with van der Waals surface area (Å²) in [5.74, 6) is 0.947. The second-order valence-corrected chi connectivity index (χ2v) is 4.09. The van der Waals surface area contributed by atoms with E-state index in [0.29, 0.717) is 6.61 Å². The number of halogens is 2. The number of hydrogen-bond donors (Lipinski definition) is 0. The first-order valence-corrected chi connectivity index (χ1v) is 5.19. The summed E-state index contributed by atoms with van der Waals surface area (Å²) in [5.41, 5.74) is 0. The van der Waals surface area contributed by atoms with Crippen molar-refractivity contribution in [3.05, 3.63) is 26.2 Å². The molecule has 0 saturated carbocycles. The van der Waals surface area contributed by atoms with Gasteiger partial charge in [-0.1, -0.05) is 15.9 Å². The maximum absolute atomic E-state index is 5.38. The van der Waals surface area contributed by atoms with Gasteiger partial charge in [-0.25, -0.2) is 0 Å². The van der Waals surface area contributed by atoms with E-state index in [-0.39, 0.29) is 0 Å². The molecule has 0 N–H and O–H groups in total. The van der Waals surface area contributed by atoms with Gasteiger partial charge < -0.3 is 4.74 Å². The van der Waals surface area contributed by atoms with Crippen molar-refractivity contribution in [3.63, 3.8) is 0 Å². The Kier molecular flexibility index (Phi) is 3.65. The van der Waals surface area contributed by atoms with E-state index in [1.807, 2.05) is 25.1 Å². The molecule has 0 radical (unpaired) electrons. The normalized spacial score (nSPS) is 9.73. The van der Waals surface area contributed by atoms with Crippen LogP contribution in [0.3, 0.4) is 0 Å². The van der Waals surface area contributed by atoms with Crippen molar-refractivity contribution in [1.82, 2.24) is 0 Å². The van der Waals surface area contributed by atoms with Crippen LogP contribution in [-0.2, 0) is 0 Å². The second-order valence-electron chi connectivity index (χ2n) is 2.01. The molecule has 0 unspecified atom stereocenters. The fourth-order valence-electron chi connectivity index (χ4n) is 0.743.